The Morgan fingerprint density at radius 2 is 1.90 bits per heavy atom. The van der Waals surface area contributed by atoms with Crippen molar-refractivity contribution in [2.75, 3.05) is 6.61 Å². The molecular formula is C15H18Cl2NO2+. The molecule has 1 aromatic heterocycles. The average molecular weight is 315 g/mol. The number of hydrogen-bond donors (Lipinski definition) is 2. The van der Waals surface area contributed by atoms with Crippen molar-refractivity contribution in [3.8, 4) is 11.3 Å². The topological polar surface area (TPSA) is 50.0 Å². The van der Waals surface area contributed by atoms with E-state index in [1.807, 2.05) is 24.3 Å². The molecule has 0 spiro atoms. The molecule has 0 unspecified atom stereocenters. The van der Waals surface area contributed by atoms with Gasteiger partial charge in [0.25, 0.3) is 0 Å². The summed E-state index contributed by atoms with van der Waals surface area (Å²) in [5, 5.41) is 12.4. The molecule has 0 aliphatic carbocycles. The zero-order valence-corrected chi connectivity index (χ0v) is 12.8. The van der Waals surface area contributed by atoms with Gasteiger partial charge in [0.15, 0.2) is 5.76 Å². The van der Waals surface area contributed by atoms with Gasteiger partial charge in [-0.3, -0.25) is 0 Å². The summed E-state index contributed by atoms with van der Waals surface area (Å²) < 4.78 is 5.79. The molecule has 1 atom stereocenters. The summed E-state index contributed by atoms with van der Waals surface area (Å²) in [5.74, 6) is 1.61. The van der Waals surface area contributed by atoms with Crippen LogP contribution in [0.3, 0.4) is 0 Å². The van der Waals surface area contributed by atoms with Gasteiger partial charge in [-0.15, -0.1) is 0 Å². The molecule has 0 aliphatic heterocycles. The molecule has 2 rings (SSSR count). The monoisotopic (exact) mass is 314 g/mol. The highest BCUT2D eigenvalue weighted by atomic mass is 35.5. The number of nitrogens with two attached hydrogens (primary N) is 1. The SMILES string of the molecule is CC[C@@H](CO)[NH2+]Cc1ccc(-c2cc(Cl)cc(Cl)c2)o1. The van der Waals surface area contributed by atoms with Crippen LogP contribution in [0.25, 0.3) is 11.3 Å². The summed E-state index contributed by atoms with van der Waals surface area (Å²) in [5.41, 5.74) is 0.864. The Balaban J connectivity index is 2.08. The Morgan fingerprint density at radius 3 is 2.50 bits per heavy atom. The van der Waals surface area contributed by atoms with Crippen LogP contribution in [0, 0.1) is 0 Å². The lowest BCUT2D eigenvalue weighted by atomic mass is 10.2. The molecule has 0 saturated carbocycles. The molecule has 0 aliphatic rings. The van der Waals surface area contributed by atoms with E-state index in [1.165, 1.54) is 0 Å². The van der Waals surface area contributed by atoms with Gasteiger partial charge in [0, 0.05) is 15.6 Å². The Labute approximate surface area is 128 Å². The molecule has 2 aromatic rings. The van der Waals surface area contributed by atoms with Gasteiger partial charge < -0.3 is 14.8 Å². The van der Waals surface area contributed by atoms with E-state index in [0.717, 1.165) is 23.5 Å². The van der Waals surface area contributed by atoms with E-state index in [0.29, 0.717) is 16.6 Å². The van der Waals surface area contributed by atoms with Crippen LogP contribution < -0.4 is 5.32 Å². The average Bonchev–Trinajstić information content (AvgIpc) is 2.88. The molecule has 0 saturated heterocycles. The van der Waals surface area contributed by atoms with E-state index in [2.05, 4.69) is 12.2 Å². The quantitative estimate of drug-likeness (QED) is 0.860. The van der Waals surface area contributed by atoms with Crippen molar-refractivity contribution in [1.29, 1.82) is 0 Å². The first-order valence-corrected chi connectivity index (χ1v) is 7.37. The second-order valence-corrected chi connectivity index (χ2v) is 5.59. The standard InChI is InChI=1S/C15H17Cl2NO2/c1-2-13(9-19)18-8-14-3-4-15(20-14)10-5-11(16)7-12(17)6-10/h3-7,13,18-19H,2,8-9H2,1H3/p+1/t13-/m0/s1. The van der Waals surface area contributed by atoms with Crippen molar-refractivity contribution < 1.29 is 14.8 Å². The highest BCUT2D eigenvalue weighted by molar-refractivity contribution is 6.35. The lowest BCUT2D eigenvalue weighted by Crippen LogP contribution is -2.89. The summed E-state index contributed by atoms with van der Waals surface area (Å²) in [7, 11) is 0. The van der Waals surface area contributed by atoms with Gasteiger partial charge >= 0.3 is 0 Å². The van der Waals surface area contributed by atoms with E-state index in [9.17, 15) is 0 Å². The normalized spacial score (nSPS) is 12.6. The van der Waals surface area contributed by atoms with E-state index in [1.54, 1.807) is 6.07 Å². The van der Waals surface area contributed by atoms with Crippen molar-refractivity contribution >= 4 is 23.2 Å². The molecular weight excluding hydrogens is 297 g/mol. The number of furan rings is 1. The van der Waals surface area contributed by atoms with Gasteiger partial charge in [-0.05, 0) is 36.8 Å². The molecule has 5 heteroatoms. The van der Waals surface area contributed by atoms with Gasteiger partial charge in [0.2, 0.25) is 0 Å². The summed E-state index contributed by atoms with van der Waals surface area (Å²) >= 11 is 12.0. The van der Waals surface area contributed by atoms with E-state index in [4.69, 9.17) is 32.7 Å². The van der Waals surface area contributed by atoms with Gasteiger partial charge in [0.1, 0.15) is 18.3 Å². The van der Waals surface area contributed by atoms with Crippen LogP contribution >= 0.6 is 23.2 Å². The van der Waals surface area contributed by atoms with Gasteiger partial charge in [-0.1, -0.05) is 30.1 Å². The summed E-state index contributed by atoms with van der Waals surface area (Å²) in [4.78, 5) is 0. The van der Waals surface area contributed by atoms with Gasteiger partial charge in [-0.2, -0.15) is 0 Å². The first-order valence-electron chi connectivity index (χ1n) is 6.61. The number of benzene rings is 1. The molecule has 20 heavy (non-hydrogen) atoms. The number of aliphatic hydroxyl groups excluding tert-OH is 1. The third kappa shape index (κ3) is 4.00. The zero-order valence-electron chi connectivity index (χ0n) is 11.3. The summed E-state index contributed by atoms with van der Waals surface area (Å²) in [6, 6.07) is 9.39. The fraction of sp³-hybridized carbons (Fsp3) is 0.333. The van der Waals surface area contributed by atoms with Crippen molar-refractivity contribution in [2.24, 2.45) is 0 Å². The Kier molecular flexibility index (Phi) is 5.49. The predicted molar refractivity (Wildman–Crippen MR) is 81.0 cm³/mol. The van der Waals surface area contributed by atoms with Crippen LogP contribution in [0.15, 0.2) is 34.7 Å². The zero-order chi connectivity index (χ0) is 14.5. The van der Waals surface area contributed by atoms with Gasteiger partial charge in [0.05, 0.1) is 6.61 Å². The largest absolute Gasteiger partial charge is 0.455 e. The second kappa shape index (κ2) is 7.14. The van der Waals surface area contributed by atoms with Crippen molar-refractivity contribution in [2.45, 2.75) is 25.9 Å². The smallest absolute Gasteiger partial charge is 0.158 e. The van der Waals surface area contributed by atoms with Gasteiger partial charge in [-0.25, -0.2) is 0 Å². The first-order chi connectivity index (χ1) is 9.62. The number of rotatable bonds is 6. The van der Waals surface area contributed by atoms with Crippen molar-refractivity contribution in [1.82, 2.24) is 0 Å². The summed E-state index contributed by atoms with van der Waals surface area (Å²) in [6.07, 6.45) is 0.925. The van der Waals surface area contributed by atoms with Crippen LogP contribution in [0.1, 0.15) is 19.1 Å². The Morgan fingerprint density at radius 1 is 1.20 bits per heavy atom. The van der Waals surface area contributed by atoms with Crippen LogP contribution in [0.5, 0.6) is 0 Å². The molecule has 0 radical (unpaired) electrons. The van der Waals surface area contributed by atoms with Crippen LogP contribution in [-0.2, 0) is 6.54 Å². The molecule has 0 amide bonds. The molecule has 3 nitrogen and oxygen atoms in total. The molecule has 1 aromatic carbocycles. The maximum absolute atomic E-state index is 9.16. The third-order valence-electron chi connectivity index (χ3n) is 3.22. The Bertz CT molecular complexity index is 545. The third-order valence-corrected chi connectivity index (χ3v) is 3.66. The van der Waals surface area contributed by atoms with Crippen LogP contribution in [-0.4, -0.2) is 17.8 Å². The highest BCUT2D eigenvalue weighted by Gasteiger charge is 2.11. The maximum atomic E-state index is 9.16. The van der Waals surface area contributed by atoms with E-state index >= 15 is 0 Å². The van der Waals surface area contributed by atoms with E-state index in [-0.39, 0.29) is 12.6 Å². The molecule has 0 fully saturated rings. The molecule has 1 heterocycles. The lowest BCUT2D eigenvalue weighted by molar-refractivity contribution is -0.707. The lowest BCUT2D eigenvalue weighted by Gasteiger charge is -2.08. The second-order valence-electron chi connectivity index (χ2n) is 4.71. The van der Waals surface area contributed by atoms with E-state index < -0.39 is 0 Å². The first kappa shape index (κ1) is 15.4. The Hall–Kier alpha value is -1.00. The highest BCUT2D eigenvalue weighted by Crippen LogP contribution is 2.28. The van der Waals surface area contributed by atoms with Crippen molar-refractivity contribution in [3.05, 3.63) is 46.1 Å². The number of quaternary nitrogens is 1. The minimum atomic E-state index is 0.175. The predicted octanol–water partition coefficient (Wildman–Crippen LogP) is 3.09. The number of aliphatic hydroxyl groups is 1. The van der Waals surface area contributed by atoms with Crippen LogP contribution in [0.2, 0.25) is 10.0 Å². The molecule has 0 bridgehead atoms. The molecule has 3 N–H and O–H groups in total. The van der Waals surface area contributed by atoms with Crippen molar-refractivity contribution in [3.63, 3.8) is 0 Å². The fourth-order valence-electron chi connectivity index (χ4n) is 1.99. The number of hydrogen-bond acceptors (Lipinski definition) is 2. The minimum absolute atomic E-state index is 0.175. The number of halogens is 2. The summed E-state index contributed by atoms with van der Waals surface area (Å²) in [6.45, 7) is 2.93. The maximum Gasteiger partial charge on any atom is 0.158 e. The fourth-order valence-corrected chi connectivity index (χ4v) is 2.52. The van der Waals surface area contributed by atoms with Crippen LogP contribution in [0.4, 0.5) is 0 Å². The minimum Gasteiger partial charge on any atom is -0.455 e. The molecule has 108 valence electrons.